The summed E-state index contributed by atoms with van der Waals surface area (Å²) >= 11 is 0. The summed E-state index contributed by atoms with van der Waals surface area (Å²) < 4.78 is 12.6. The van der Waals surface area contributed by atoms with Gasteiger partial charge in [-0.15, -0.1) is 0 Å². The number of amides is 1. The number of imidazole rings is 1. The Morgan fingerprint density at radius 3 is 2.54 bits per heavy atom. The third kappa shape index (κ3) is 3.98. The molecular weight excluding hydrogens is 334 g/mol. The average Bonchev–Trinajstić information content (AvgIpc) is 2.97. The number of rotatable bonds is 6. The number of hydrogen-bond acceptors (Lipinski definition) is 5. The number of carbonyl (C=O) groups is 2. The first-order valence-corrected chi connectivity index (χ1v) is 8.77. The van der Waals surface area contributed by atoms with Crippen molar-refractivity contribution in [3.05, 3.63) is 24.0 Å². The third-order valence-electron chi connectivity index (χ3n) is 4.05. The molecule has 0 spiro atoms. The number of anilines is 1. The maximum absolute atomic E-state index is 12.2. The topological polar surface area (TPSA) is 73.1 Å². The molecule has 0 fully saturated rings. The standard InChI is InChI=1S/C19H27N3O4/c1-7-13-17(21(6)18(24)25-8-2)22-11-9-10-14(16(22)20-13)26-12-15(23)19(3,4)5/h9-11H,7-8,12H2,1-6H3. The van der Waals surface area contributed by atoms with Gasteiger partial charge in [0.05, 0.1) is 12.3 Å². The van der Waals surface area contributed by atoms with Crippen molar-refractivity contribution in [2.45, 2.75) is 41.0 Å². The maximum atomic E-state index is 12.2. The van der Waals surface area contributed by atoms with E-state index in [1.807, 2.05) is 33.9 Å². The van der Waals surface area contributed by atoms with Gasteiger partial charge in [0.15, 0.2) is 17.2 Å². The van der Waals surface area contributed by atoms with E-state index < -0.39 is 11.5 Å². The van der Waals surface area contributed by atoms with Gasteiger partial charge in [-0.1, -0.05) is 27.7 Å². The number of fused-ring (bicyclic) bond motifs is 1. The Kier molecular flexibility index (Phi) is 5.90. The van der Waals surface area contributed by atoms with Crippen LogP contribution < -0.4 is 9.64 Å². The van der Waals surface area contributed by atoms with Crippen LogP contribution in [0.5, 0.6) is 5.75 Å². The molecule has 0 unspecified atom stereocenters. The average molecular weight is 361 g/mol. The molecule has 2 aromatic rings. The van der Waals surface area contributed by atoms with Crippen LogP contribution in [0.3, 0.4) is 0 Å². The highest BCUT2D eigenvalue weighted by atomic mass is 16.6. The molecule has 0 aliphatic carbocycles. The molecule has 0 atom stereocenters. The van der Waals surface area contributed by atoms with E-state index in [9.17, 15) is 9.59 Å². The zero-order chi connectivity index (χ0) is 19.5. The molecule has 7 heteroatoms. The van der Waals surface area contributed by atoms with Crippen molar-refractivity contribution in [1.82, 2.24) is 9.38 Å². The molecule has 2 rings (SSSR count). The van der Waals surface area contributed by atoms with Gasteiger partial charge in [-0.05, 0) is 25.5 Å². The van der Waals surface area contributed by atoms with Crippen LogP contribution >= 0.6 is 0 Å². The Morgan fingerprint density at radius 2 is 1.96 bits per heavy atom. The van der Waals surface area contributed by atoms with Crippen molar-refractivity contribution < 1.29 is 19.1 Å². The molecule has 2 heterocycles. The van der Waals surface area contributed by atoms with E-state index in [0.717, 1.165) is 5.69 Å². The lowest BCUT2D eigenvalue weighted by Crippen LogP contribution is -2.29. The molecule has 2 aromatic heterocycles. The van der Waals surface area contributed by atoms with Gasteiger partial charge >= 0.3 is 6.09 Å². The molecule has 0 bridgehead atoms. The monoisotopic (exact) mass is 361 g/mol. The molecule has 0 N–H and O–H groups in total. The van der Waals surface area contributed by atoms with Gasteiger partial charge in [0, 0.05) is 18.7 Å². The highest BCUT2D eigenvalue weighted by Gasteiger charge is 2.24. The number of carbonyl (C=O) groups excluding carboxylic acids is 2. The number of ether oxygens (including phenoxy) is 2. The summed E-state index contributed by atoms with van der Waals surface area (Å²) in [5, 5.41) is 0. The Morgan fingerprint density at radius 1 is 1.27 bits per heavy atom. The van der Waals surface area contributed by atoms with E-state index >= 15 is 0 Å². The van der Waals surface area contributed by atoms with Crippen molar-refractivity contribution in [2.75, 3.05) is 25.2 Å². The molecule has 0 saturated heterocycles. The number of aryl methyl sites for hydroxylation is 1. The van der Waals surface area contributed by atoms with Crippen LogP contribution in [0.4, 0.5) is 10.6 Å². The molecule has 26 heavy (non-hydrogen) atoms. The summed E-state index contributed by atoms with van der Waals surface area (Å²) in [6.45, 7) is 9.57. The van der Waals surface area contributed by atoms with Gasteiger partial charge in [0.1, 0.15) is 12.4 Å². The van der Waals surface area contributed by atoms with E-state index in [4.69, 9.17) is 9.47 Å². The van der Waals surface area contributed by atoms with Gasteiger partial charge in [-0.3, -0.25) is 14.1 Å². The number of nitrogens with zero attached hydrogens (tertiary/aromatic N) is 3. The Hall–Kier alpha value is -2.57. The Bertz CT molecular complexity index is 805. The number of pyridine rings is 1. The van der Waals surface area contributed by atoms with Crippen molar-refractivity contribution >= 4 is 23.3 Å². The number of hydrogen-bond donors (Lipinski definition) is 0. The van der Waals surface area contributed by atoms with Gasteiger partial charge in [-0.25, -0.2) is 9.78 Å². The van der Waals surface area contributed by atoms with Crippen LogP contribution in [0.25, 0.3) is 5.65 Å². The second-order valence-corrected chi connectivity index (χ2v) is 7.02. The molecule has 0 aromatic carbocycles. The fourth-order valence-electron chi connectivity index (χ4n) is 2.45. The minimum absolute atomic E-state index is 0.00522. The van der Waals surface area contributed by atoms with Gasteiger partial charge in [-0.2, -0.15) is 0 Å². The lowest BCUT2D eigenvalue weighted by Gasteiger charge is -2.18. The lowest BCUT2D eigenvalue weighted by molar-refractivity contribution is -0.128. The fraction of sp³-hybridized carbons (Fsp3) is 0.526. The number of ketones is 1. The van der Waals surface area contributed by atoms with Crippen molar-refractivity contribution in [3.8, 4) is 5.75 Å². The van der Waals surface area contributed by atoms with Crippen LogP contribution in [-0.2, 0) is 16.0 Å². The van der Waals surface area contributed by atoms with Crippen LogP contribution in [-0.4, -0.2) is 41.5 Å². The minimum Gasteiger partial charge on any atom is -0.482 e. The molecule has 7 nitrogen and oxygen atoms in total. The minimum atomic E-state index is -0.468. The largest absolute Gasteiger partial charge is 0.482 e. The van der Waals surface area contributed by atoms with E-state index in [1.54, 1.807) is 30.5 Å². The zero-order valence-electron chi connectivity index (χ0n) is 16.3. The number of aromatic nitrogens is 2. The van der Waals surface area contributed by atoms with Crippen molar-refractivity contribution in [1.29, 1.82) is 0 Å². The van der Waals surface area contributed by atoms with Crippen LogP contribution in [0, 0.1) is 5.41 Å². The summed E-state index contributed by atoms with van der Waals surface area (Å²) in [7, 11) is 1.65. The smallest absolute Gasteiger partial charge is 0.415 e. The first kappa shape index (κ1) is 19.8. The van der Waals surface area contributed by atoms with Crippen molar-refractivity contribution in [2.24, 2.45) is 5.41 Å². The van der Waals surface area contributed by atoms with E-state index in [2.05, 4.69) is 4.98 Å². The van der Waals surface area contributed by atoms with Crippen LogP contribution in [0.15, 0.2) is 18.3 Å². The molecule has 142 valence electrons. The lowest BCUT2D eigenvalue weighted by atomic mass is 9.91. The molecule has 0 aliphatic heterocycles. The van der Waals surface area contributed by atoms with Crippen molar-refractivity contribution in [3.63, 3.8) is 0 Å². The van der Waals surface area contributed by atoms with E-state index in [0.29, 0.717) is 30.2 Å². The quantitative estimate of drug-likeness (QED) is 0.787. The number of Topliss-reactive ketones (excluding diaryl/α,β-unsaturated/α-hetero) is 1. The molecule has 0 aliphatic rings. The highest BCUT2D eigenvalue weighted by molar-refractivity contribution is 5.88. The fourth-order valence-corrected chi connectivity index (χ4v) is 2.45. The molecule has 1 amide bonds. The Labute approximate surface area is 153 Å². The normalized spacial score (nSPS) is 11.5. The van der Waals surface area contributed by atoms with Gasteiger partial charge in [0.25, 0.3) is 0 Å². The first-order chi connectivity index (χ1) is 12.2. The predicted molar refractivity (Wildman–Crippen MR) is 100.0 cm³/mol. The second kappa shape index (κ2) is 7.76. The SMILES string of the molecule is CCOC(=O)N(C)c1c(CC)nc2c(OCC(=O)C(C)(C)C)cccn12. The zero-order valence-corrected chi connectivity index (χ0v) is 16.3. The van der Waals surface area contributed by atoms with E-state index in [1.165, 1.54) is 4.90 Å². The second-order valence-electron chi connectivity index (χ2n) is 7.02. The van der Waals surface area contributed by atoms with Crippen LogP contribution in [0.1, 0.15) is 40.3 Å². The predicted octanol–water partition coefficient (Wildman–Crippen LogP) is 3.48. The summed E-state index contributed by atoms with van der Waals surface area (Å²) in [5.41, 5.74) is 0.848. The maximum Gasteiger partial charge on any atom is 0.415 e. The molecule has 0 radical (unpaired) electrons. The van der Waals surface area contributed by atoms with Gasteiger partial charge in [0.2, 0.25) is 0 Å². The first-order valence-electron chi connectivity index (χ1n) is 8.77. The summed E-state index contributed by atoms with van der Waals surface area (Å²) in [6.07, 6.45) is 2.00. The third-order valence-corrected chi connectivity index (χ3v) is 4.05. The van der Waals surface area contributed by atoms with Gasteiger partial charge < -0.3 is 9.47 Å². The van der Waals surface area contributed by atoms with E-state index in [-0.39, 0.29) is 12.4 Å². The highest BCUT2D eigenvalue weighted by Crippen LogP contribution is 2.28. The molecular formula is C19H27N3O4. The molecule has 0 saturated carbocycles. The summed E-state index contributed by atoms with van der Waals surface area (Å²) in [6, 6.07) is 3.57. The Balaban J connectivity index is 2.41. The summed E-state index contributed by atoms with van der Waals surface area (Å²) in [5.74, 6) is 1.14. The summed E-state index contributed by atoms with van der Waals surface area (Å²) in [4.78, 5) is 30.3. The van der Waals surface area contributed by atoms with Crippen LogP contribution in [0.2, 0.25) is 0 Å².